The molecule has 0 aliphatic rings. The summed E-state index contributed by atoms with van der Waals surface area (Å²) in [7, 11) is 0. The first-order chi connectivity index (χ1) is 7.91. The minimum atomic E-state index is -1.40. The van der Waals surface area contributed by atoms with E-state index in [-0.39, 0.29) is 5.91 Å². The molecule has 0 saturated carbocycles. The molecule has 1 aromatic carbocycles. The van der Waals surface area contributed by atoms with E-state index in [1.54, 1.807) is 18.2 Å². The van der Waals surface area contributed by atoms with Crippen LogP contribution < -0.4 is 11.1 Å². The average Bonchev–Trinajstić information content (AvgIpc) is 2.26. The summed E-state index contributed by atoms with van der Waals surface area (Å²) in [5.41, 5.74) is 6.12. The fourth-order valence-corrected chi connectivity index (χ4v) is 1.35. The highest BCUT2D eigenvalue weighted by atomic mass is 16.4. The SMILES string of the molecule is CC(=O)Nc1cccc(C(O)C(N)C(=O)O)c1. The van der Waals surface area contributed by atoms with Crippen LogP contribution in [0.25, 0.3) is 0 Å². The lowest BCUT2D eigenvalue weighted by Gasteiger charge is -2.16. The number of anilines is 1. The predicted octanol–water partition coefficient (Wildman–Crippen LogP) is 0.0903. The van der Waals surface area contributed by atoms with Crippen molar-refractivity contribution in [2.24, 2.45) is 5.73 Å². The van der Waals surface area contributed by atoms with Crippen LogP contribution in [0.5, 0.6) is 0 Å². The van der Waals surface area contributed by atoms with Gasteiger partial charge in [-0.1, -0.05) is 12.1 Å². The molecular formula is C11H14N2O4. The zero-order valence-electron chi connectivity index (χ0n) is 9.25. The van der Waals surface area contributed by atoms with E-state index in [0.29, 0.717) is 11.3 Å². The molecule has 0 aliphatic carbocycles. The molecule has 1 rings (SSSR count). The maximum absolute atomic E-state index is 10.8. The maximum Gasteiger partial charge on any atom is 0.323 e. The molecular weight excluding hydrogens is 224 g/mol. The monoisotopic (exact) mass is 238 g/mol. The summed E-state index contributed by atoms with van der Waals surface area (Å²) in [6.07, 6.45) is -1.32. The Morgan fingerprint density at radius 1 is 1.41 bits per heavy atom. The number of benzene rings is 1. The van der Waals surface area contributed by atoms with Gasteiger partial charge >= 0.3 is 5.97 Å². The molecule has 1 amide bonds. The van der Waals surface area contributed by atoms with Crippen molar-refractivity contribution < 1.29 is 19.8 Å². The number of carboxylic acids is 1. The van der Waals surface area contributed by atoms with Crippen LogP contribution in [-0.2, 0) is 9.59 Å². The lowest BCUT2D eigenvalue weighted by atomic mass is 10.0. The first kappa shape index (κ1) is 13.1. The van der Waals surface area contributed by atoms with Crippen molar-refractivity contribution in [1.29, 1.82) is 0 Å². The van der Waals surface area contributed by atoms with E-state index in [2.05, 4.69) is 5.32 Å². The standard InChI is InChI=1S/C11H14N2O4/c1-6(14)13-8-4-2-3-7(5-8)10(15)9(12)11(16)17/h2-5,9-10,15H,12H2,1H3,(H,13,14)(H,16,17). The van der Waals surface area contributed by atoms with Crippen LogP contribution >= 0.6 is 0 Å². The number of nitrogens with one attached hydrogen (secondary N) is 1. The molecule has 0 saturated heterocycles. The molecule has 92 valence electrons. The number of hydrogen-bond donors (Lipinski definition) is 4. The molecule has 2 unspecified atom stereocenters. The Bertz CT molecular complexity index is 433. The zero-order chi connectivity index (χ0) is 13.0. The molecule has 0 bridgehead atoms. The van der Waals surface area contributed by atoms with Crippen molar-refractivity contribution in [3.05, 3.63) is 29.8 Å². The quantitative estimate of drug-likeness (QED) is 0.593. The Labute approximate surface area is 98.1 Å². The first-order valence-corrected chi connectivity index (χ1v) is 4.96. The number of aliphatic hydroxyl groups excluding tert-OH is 1. The Morgan fingerprint density at radius 2 is 2.06 bits per heavy atom. The van der Waals surface area contributed by atoms with Gasteiger partial charge in [0.1, 0.15) is 12.1 Å². The number of rotatable bonds is 4. The Morgan fingerprint density at radius 3 is 2.59 bits per heavy atom. The molecule has 0 heterocycles. The molecule has 6 heteroatoms. The highest BCUT2D eigenvalue weighted by Gasteiger charge is 2.23. The normalized spacial score (nSPS) is 13.8. The smallest absolute Gasteiger partial charge is 0.323 e. The summed E-state index contributed by atoms with van der Waals surface area (Å²) in [6.45, 7) is 1.35. The van der Waals surface area contributed by atoms with E-state index in [0.717, 1.165) is 0 Å². The van der Waals surface area contributed by atoms with Gasteiger partial charge in [-0.3, -0.25) is 9.59 Å². The van der Waals surface area contributed by atoms with Crippen molar-refractivity contribution in [3.8, 4) is 0 Å². The summed E-state index contributed by atoms with van der Waals surface area (Å²) in [4.78, 5) is 21.5. The van der Waals surface area contributed by atoms with Gasteiger partial charge in [0.2, 0.25) is 5.91 Å². The highest BCUT2D eigenvalue weighted by molar-refractivity contribution is 5.88. The van der Waals surface area contributed by atoms with Crippen LogP contribution in [0, 0.1) is 0 Å². The van der Waals surface area contributed by atoms with E-state index in [4.69, 9.17) is 10.8 Å². The molecule has 17 heavy (non-hydrogen) atoms. The third-order valence-corrected chi connectivity index (χ3v) is 2.17. The molecule has 5 N–H and O–H groups in total. The molecule has 2 atom stereocenters. The second kappa shape index (κ2) is 5.42. The van der Waals surface area contributed by atoms with Gasteiger partial charge in [-0.05, 0) is 17.7 Å². The molecule has 6 nitrogen and oxygen atoms in total. The minimum absolute atomic E-state index is 0.251. The molecule has 0 aliphatic heterocycles. The second-order valence-corrected chi connectivity index (χ2v) is 3.62. The second-order valence-electron chi connectivity index (χ2n) is 3.62. The molecule has 1 aromatic rings. The maximum atomic E-state index is 10.8. The van der Waals surface area contributed by atoms with Crippen molar-refractivity contribution >= 4 is 17.6 Å². The number of carbonyl (C=O) groups is 2. The minimum Gasteiger partial charge on any atom is -0.480 e. The Hall–Kier alpha value is -1.92. The Balaban J connectivity index is 2.91. The third kappa shape index (κ3) is 3.54. The zero-order valence-corrected chi connectivity index (χ0v) is 9.25. The number of nitrogens with two attached hydrogens (primary N) is 1. The van der Waals surface area contributed by atoms with Crippen LogP contribution in [0.1, 0.15) is 18.6 Å². The highest BCUT2D eigenvalue weighted by Crippen LogP contribution is 2.19. The van der Waals surface area contributed by atoms with E-state index in [9.17, 15) is 14.7 Å². The van der Waals surface area contributed by atoms with Gasteiger partial charge in [0.25, 0.3) is 0 Å². The largest absolute Gasteiger partial charge is 0.480 e. The lowest BCUT2D eigenvalue weighted by Crippen LogP contribution is -2.36. The fourth-order valence-electron chi connectivity index (χ4n) is 1.35. The number of carbonyl (C=O) groups excluding carboxylic acids is 1. The number of amides is 1. The van der Waals surface area contributed by atoms with Crippen LogP contribution in [0.15, 0.2) is 24.3 Å². The summed E-state index contributed by atoms with van der Waals surface area (Å²) < 4.78 is 0. The third-order valence-electron chi connectivity index (χ3n) is 2.17. The van der Waals surface area contributed by atoms with E-state index >= 15 is 0 Å². The topological polar surface area (TPSA) is 113 Å². The van der Waals surface area contributed by atoms with Crippen molar-refractivity contribution in [3.63, 3.8) is 0 Å². The van der Waals surface area contributed by atoms with Crippen molar-refractivity contribution in [2.75, 3.05) is 5.32 Å². The molecule has 0 fully saturated rings. The summed E-state index contributed by atoms with van der Waals surface area (Å²) >= 11 is 0. The number of aliphatic carboxylic acids is 1. The van der Waals surface area contributed by atoms with E-state index in [1.165, 1.54) is 13.0 Å². The average molecular weight is 238 g/mol. The number of carboxylic acid groups (broad SMARTS) is 1. The molecule has 0 radical (unpaired) electrons. The van der Waals surface area contributed by atoms with E-state index < -0.39 is 18.1 Å². The first-order valence-electron chi connectivity index (χ1n) is 4.96. The van der Waals surface area contributed by atoms with Crippen molar-refractivity contribution in [2.45, 2.75) is 19.1 Å². The Kier molecular flexibility index (Phi) is 4.19. The number of aliphatic hydroxyl groups is 1. The van der Waals surface area contributed by atoms with Gasteiger partial charge in [0.15, 0.2) is 0 Å². The summed E-state index contributed by atoms with van der Waals surface area (Å²) in [6, 6.07) is 4.85. The fraction of sp³-hybridized carbons (Fsp3) is 0.273. The lowest BCUT2D eigenvalue weighted by molar-refractivity contribution is -0.141. The molecule has 0 aromatic heterocycles. The van der Waals surface area contributed by atoms with Crippen LogP contribution in [-0.4, -0.2) is 28.1 Å². The van der Waals surface area contributed by atoms with Gasteiger partial charge in [0.05, 0.1) is 0 Å². The van der Waals surface area contributed by atoms with Crippen LogP contribution in [0.4, 0.5) is 5.69 Å². The van der Waals surface area contributed by atoms with Crippen LogP contribution in [0.2, 0.25) is 0 Å². The predicted molar refractivity (Wildman–Crippen MR) is 61.3 cm³/mol. The van der Waals surface area contributed by atoms with Gasteiger partial charge < -0.3 is 21.3 Å². The van der Waals surface area contributed by atoms with Gasteiger partial charge in [-0.2, -0.15) is 0 Å². The van der Waals surface area contributed by atoms with Crippen molar-refractivity contribution in [1.82, 2.24) is 0 Å². The van der Waals surface area contributed by atoms with Gasteiger partial charge in [0, 0.05) is 12.6 Å². The van der Waals surface area contributed by atoms with Crippen LogP contribution in [0.3, 0.4) is 0 Å². The van der Waals surface area contributed by atoms with Gasteiger partial charge in [-0.15, -0.1) is 0 Å². The van der Waals surface area contributed by atoms with Gasteiger partial charge in [-0.25, -0.2) is 0 Å². The van der Waals surface area contributed by atoms with E-state index in [1.807, 2.05) is 0 Å². The summed E-state index contributed by atoms with van der Waals surface area (Å²) in [5, 5.41) is 20.9. The molecule has 0 spiro atoms. The number of hydrogen-bond acceptors (Lipinski definition) is 4. The summed E-state index contributed by atoms with van der Waals surface area (Å²) in [5.74, 6) is -1.54.